The van der Waals surface area contributed by atoms with Gasteiger partial charge in [0.1, 0.15) is 5.76 Å². The van der Waals surface area contributed by atoms with Crippen LogP contribution in [0.1, 0.15) is 63.2 Å². The summed E-state index contributed by atoms with van der Waals surface area (Å²) in [4.78, 5) is 33.9. The van der Waals surface area contributed by atoms with Crippen molar-refractivity contribution in [2.45, 2.75) is 53.4 Å². The summed E-state index contributed by atoms with van der Waals surface area (Å²) in [5.74, 6) is 0.735. The lowest BCUT2D eigenvalue weighted by molar-refractivity contribution is -0.146. The van der Waals surface area contributed by atoms with Crippen LogP contribution in [0, 0.1) is 10.8 Å². The van der Waals surface area contributed by atoms with E-state index in [1.165, 1.54) is 6.39 Å². The van der Waals surface area contributed by atoms with Crippen LogP contribution in [0.15, 0.2) is 10.8 Å². The van der Waals surface area contributed by atoms with Gasteiger partial charge in [0.2, 0.25) is 5.91 Å². The van der Waals surface area contributed by atoms with E-state index >= 15 is 0 Å². The number of likely N-dealkylation sites (tertiary alicyclic amines) is 2. The maximum Gasteiger partial charge on any atom is 0.276 e. The Balaban J connectivity index is 1.74. The van der Waals surface area contributed by atoms with Gasteiger partial charge in [0.05, 0.1) is 5.41 Å². The van der Waals surface area contributed by atoms with E-state index in [0.717, 1.165) is 32.4 Å². The van der Waals surface area contributed by atoms with Crippen molar-refractivity contribution in [1.29, 1.82) is 0 Å². The van der Waals surface area contributed by atoms with Gasteiger partial charge in [-0.25, -0.2) is 4.98 Å². The first-order valence-corrected chi connectivity index (χ1v) is 9.27. The second-order valence-electron chi connectivity index (χ2n) is 8.63. The Morgan fingerprint density at radius 2 is 2.08 bits per heavy atom. The minimum atomic E-state index is -0.407. The second-order valence-corrected chi connectivity index (χ2v) is 8.63. The zero-order valence-electron chi connectivity index (χ0n) is 15.8. The highest BCUT2D eigenvalue weighted by Crippen LogP contribution is 2.41. The molecule has 138 valence electrons. The Morgan fingerprint density at radius 3 is 2.76 bits per heavy atom. The Hall–Kier alpha value is -1.85. The van der Waals surface area contributed by atoms with Crippen LogP contribution >= 0.6 is 0 Å². The van der Waals surface area contributed by atoms with Crippen molar-refractivity contribution in [1.82, 2.24) is 14.8 Å². The van der Waals surface area contributed by atoms with Crippen LogP contribution in [0.3, 0.4) is 0 Å². The highest BCUT2D eigenvalue weighted by Gasteiger charge is 2.50. The third kappa shape index (κ3) is 3.44. The van der Waals surface area contributed by atoms with E-state index < -0.39 is 5.41 Å². The number of aryl methyl sites for hydroxylation is 1. The zero-order chi connectivity index (χ0) is 18.2. The molecule has 0 aliphatic carbocycles. The van der Waals surface area contributed by atoms with Crippen molar-refractivity contribution >= 4 is 11.8 Å². The number of piperidine rings is 1. The summed E-state index contributed by atoms with van der Waals surface area (Å²) in [5.41, 5.74) is 0.0725. The second kappa shape index (κ2) is 6.46. The summed E-state index contributed by atoms with van der Waals surface area (Å²) in [7, 11) is 0. The minimum Gasteiger partial charge on any atom is -0.448 e. The summed E-state index contributed by atoms with van der Waals surface area (Å²) in [6.45, 7) is 11.1. The molecular formula is C19H29N3O3. The number of hydrogen-bond acceptors (Lipinski definition) is 4. The van der Waals surface area contributed by atoms with Gasteiger partial charge in [-0.1, -0.05) is 27.7 Å². The van der Waals surface area contributed by atoms with E-state index in [9.17, 15) is 9.59 Å². The molecule has 0 unspecified atom stereocenters. The van der Waals surface area contributed by atoms with Crippen LogP contribution in [-0.4, -0.2) is 52.8 Å². The normalized spacial score (nSPS) is 24.4. The van der Waals surface area contributed by atoms with E-state index in [4.69, 9.17) is 4.42 Å². The molecule has 25 heavy (non-hydrogen) atoms. The first-order chi connectivity index (χ1) is 11.8. The standard InChI is InChI=1S/C19H29N3O3/c1-5-14-15(20-13-25-14)16(23)21-10-8-19(12-21)7-6-9-22(17(19)24)11-18(2,3)4/h13H,5-12H2,1-4H3/t19-/m0/s1. The Morgan fingerprint density at radius 1 is 1.32 bits per heavy atom. The molecule has 2 aliphatic heterocycles. The maximum absolute atomic E-state index is 13.2. The maximum atomic E-state index is 13.2. The van der Waals surface area contributed by atoms with Crippen molar-refractivity contribution in [2.75, 3.05) is 26.2 Å². The number of amides is 2. The fourth-order valence-electron chi connectivity index (χ4n) is 4.15. The predicted octanol–water partition coefficient (Wildman–Crippen LogP) is 2.74. The minimum absolute atomic E-state index is 0.0824. The lowest BCUT2D eigenvalue weighted by Gasteiger charge is -2.41. The number of aromatic nitrogens is 1. The molecule has 2 saturated heterocycles. The van der Waals surface area contributed by atoms with Gasteiger partial charge in [-0.3, -0.25) is 9.59 Å². The van der Waals surface area contributed by atoms with Crippen LogP contribution < -0.4 is 0 Å². The number of carbonyl (C=O) groups excluding carboxylic acids is 2. The molecule has 1 atom stereocenters. The van der Waals surface area contributed by atoms with Gasteiger partial charge in [-0.05, 0) is 24.7 Å². The predicted molar refractivity (Wildman–Crippen MR) is 94.1 cm³/mol. The van der Waals surface area contributed by atoms with E-state index in [2.05, 4.69) is 25.8 Å². The molecule has 3 rings (SSSR count). The molecule has 0 saturated carbocycles. The SMILES string of the molecule is CCc1ocnc1C(=O)N1CC[C@@]2(CCCN(CC(C)(C)C)C2=O)C1. The van der Waals surface area contributed by atoms with E-state index in [-0.39, 0.29) is 17.2 Å². The van der Waals surface area contributed by atoms with Gasteiger partial charge in [0, 0.05) is 32.6 Å². The molecule has 0 N–H and O–H groups in total. The van der Waals surface area contributed by atoms with E-state index in [0.29, 0.717) is 31.0 Å². The number of rotatable bonds is 3. The average Bonchev–Trinajstić information content (AvgIpc) is 3.18. The Bertz CT molecular complexity index is 661. The topological polar surface area (TPSA) is 66.7 Å². The molecule has 2 amide bonds. The monoisotopic (exact) mass is 347 g/mol. The van der Waals surface area contributed by atoms with Crippen LogP contribution in [0.25, 0.3) is 0 Å². The van der Waals surface area contributed by atoms with Crippen molar-refractivity contribution in [2.24, 2.45) is 10.8 Å². The number of nitrogens with zero attached hydrogens (tertiary/aromatic N) is 3. The summed E-state index contributed by atoms with van der Waals surface area (Å²) in [6, 6.07) is 0. The number of carbonyl (C=O) groups is 2. The zero-order valence-corrected chi connectivity index (χ0v) is 15.8. The van der Waals surface area contributed by atoms with Gasteiger partial charge in [-0.15, -0.1) is 0 Å². The summed E-state index contributed by atoms with van der Waals surface area (Å²) >= 11 is 0. The van der Waals surface area contributed by atoms with Crippen molar-refractivity contribution in [3.05, 3.63) is 17.8 Å². The Labute approximate surface area is 149 Å². The van der Waals surface area contributed by atoms with Gasteiger partial charge in [0.15, 0.2) is 12.1 Å². The Kier molecular flexibility index (Phi) is 4.64. The van der Waals surface area contributed by atoms with Crippen LogP contribution in [-0.2, 0) is 11.2 Å². The van der Waals surface area contributed by atoms with Crippen LogP contribution in [0.5, 0.6) is 0 Å². The average molecular weight is 347 g/mol. The smallest absolute Gasteiger partial charge is 0.276 e. The number of oxazole rings is 1. The first kappa shape index (κ1) is 18.0. The third-order valence-corrected chi connectivity index (χ3v) is 5.30. The van der Waals surface area contributed by atoms with Crippen LogP contribution in [0.4, 0.5) is 0 Å². The fraction of sp³-hybridized carbons (Fsp3) is 0.737. The van der Waals surface area contributed by atoms with Gasteiger partial charge in [0.25, 0.3) is 5.91 Å². The molecule has 0 aromatic carbocycles. The number of hydrogen-bond donors (Lipinski definition) is 0. The first-order valence-electron chi connectivity index (χ1n) is 9.27. The molecule has 6 heteroatoms. The fourth-order valence-corrected chi connectivity index (χ4v) is 4.15. The van der Waals surface area contributed by atoms with Crippen molar-refractivity contribution in [3.8, 4) is 0 Å². The van der Waals surface area contributed by atoms with Gasteiger partial charge >= 0.3 is 0 Å². The molecule has 0 radical (unpaired) electrons. The largest absolute Gasteiger partial charge is 0.448 e. The summed E-state index contributed by atoms with van der Waals surface area (Å²) in [6.07, 6.45) is 4.59. The molecular weight excluding hydrogens is 318 g/mol. The lowest BCUT2D eigenvalue weighted by atomic mass is 9.77. The van der Waals surface area contributed by atoms with E-state index in [1.807, 2.05) is 11.8 Å². The highest BCUT2D eigenvalue weighted by molar-refractivity contribution is 5.94. The lowest BCUT2D eigenvalue weighted by Crippen LogP contribution is -2.52. The molecule has 6 nitrogen and oxygen atoms in total. The molecule has 2 fully saturated rings. The molecule has 2 aliphatic rings. The van der Waals surface area contributed by atoms with Crippen molar-refractivity contribution in [3.63, 3.8) is 0 Å². The molecule has 3 heterocycles. The highest BCUT2D eigenvalue weighted by atomic mass is 16.3. The molecule has 0 bridgehead atoms. The van der Waals surface area contributed by atoms with Crippen molar-refractivity contribution < 1.29 is 14.0 Å². The molecule has 1 aromatic heterocycles. The molecule has 1 aromatic rings. The van der Waals surface area contributed by atoms with E-state index in [1.54, 1.807) is 4.90 Å². The van der Waals surface area contributed by atoms with Gasteiger partial charge < -0.3 is 14.2 Å². The van der Waals surface area contributed by atoms with Crippen LogP contribution in [0.2, 0.25) is 0 Å². The summed E-state index contributed by atoms with van der Waals surface area (Å²) in [5, 5.41) is 0. The quantitative estimate of drug-likeness (QED) is 0.843. The third-order valence-electron chi connectivity index (χ3n) is 5.30. The van der Waals surface area contributed by atoms with Gasteiger partial charge in [-0.2, -0.15) is 0 Å². The summed E-state index contributed by atoms with van der Waals surface area (Å²) < 4.78 is 5.29. The molecule has 1 spiro atoms.